The number of aliphatic hydroxyl groups is 1. The molecule has 92 valence electrons. The van der Waals surface area contributed by atoms with Crippen LogP contribution in [0.15, 0.2) is 12.5 Å². The van der Waals surface area contributed by atoms with Crippen LogP contribution in [0.3, 0.4) is 0 Å². The normalized spacial score (nSPS) is 14.1. The molecule has 0 bridgehead atoms. The second-order valence-corrected chi connectivity index (χ2v) is 3.63. The summed E-state index contributed by atoms with van der Waals surface area (Å²) in [5.74, 6) is 0. The highest BCUT2D eigenvalue weighted by molar-refractivity contribution is 5.02. The van der Waals surface area contributed by atoms with Crippen LogP contribution < -0.4 is 0 Å². The number of hydrogen-bond donors (Lipinski definition) is 1. The molecule has 0 spiro atoms. The summed E-state index contributed by atoms with van der Waals surface area (Å²) in [7, 11) is 0. The topological polar surface area (TPSA) is 38.0 Å². The standard InChI is InChI=1S/C10H15F3N2O/c1-2-15-7-14-6-8(15)9(16)4-3-5-10(11,12)13/h6-7,9,16H,2-5H2,1H3. The van der Waals surface area contributed by atoms with Crippen molar-refractivity contribution in [2.45, 2.75) is 45.0 Å². The first-order valence-electron chi connectivity index (χ1n) is 5.19. The van der Waals surface area contributed by atoms with Gasteiger partial charge in [-0.25, -0.2) is 4.98 Å². The third-order valence-corrected chi connectivity index (χ3v) is 2.36. The third kappa shape index (κ3) is 3.84. The Morgan fingerprint density at radius 2 is 2.19 bits per heavy atom. The average molecular weight is 236 g/mol. The van der Waals surface area contributed by atoms with E-state index in [1.54, 1.807) is 10.9 Å². The van der Waals surface area contributed by atoms with E-state index in [-0.39, 0.29) is 12.8 Å². The van der Waals surface area contributed by atoms with Gasteiger partial charge >= 0.3 is 6.18 Å². The van der Waals surface area contributed by atoms with Gasteiger partial charge in [0.05, 0.1) is 24.3 Å². The molecule has 0 aliphatic heterocycles. The van der Waals surface area contributed by atoms with Crippen LogP contribution in [0, 0.1) is 0 Å². The third-order valence-electron chi connectivity index (χ3n) is 2.36. The quantitative estimate of drug-likeness (QED) is 0.853. The molecule has 1 atom stereocenters. The van der Waals surface area contributed by atoms with E-state index in [0.717, 1.165) is 0 Å². The van der Waals surface area contributed by atoms with E-state index >= 15 is 0 Å². The lowest BCUT2D eigenvalue weighted by Crippen LogP contribution is -2.10. The number of aromatic nitrogens is 2. The maximum absolute atomic E-state index is 11.9. The van der Waals surface area contributed by atoms with Crippen molar-refractivity contribution in [2.75, 3.05) is 0 Å². The monoisotopic (exact) mass is 236 g/mol. The van der Waals surface area contributed by atoms with E-state index in [1.165, 1.54) is 6.20 Å². The maximum Gasteiger partial charge on any atom is 0.389 e. The Morgan fingerprint density at radius 3 is 2.75 bits per heavy atom. The van der Waals surface area contributed by atoms with Crippen molar-refractivity contribution in [3.8, 4) is 0 Å². The van der Waals surface area contributed by atoms with Gasteiger partial charge in [0, 0.05) is 13.0 Å². The molecule has 0 saturated heterocycles. The van der Waals surface area contributed by atoms with E-state index in [2.05, 4.69) is 4.98 Å². The molecule has 1 rings (SSSR count). The van der Waals surface area contributed by atoms with E-state index in [1.807, 2.05) is 6.92 Å². The molecule has 3 nitrogen and oxygen atoms in total. The number of hydrogen-bond acceptors (Lipinski definition) is 2. The van der Waals surface area contributed by atoms with Gasteiger partial charge in [-0.05, 0) is 19.8 Å². The lowest BCUT2D eigenvalue weighted by molar-refractivity contribution is -0.136. The number of alkyl halides is 3. The molecule has 0 radical (unpaired) electrons. The van der Waals surface area contributed by atoms with Crippen molar-refractivity contribution in [2.24, 2.45) is 0 Å². The fourth-order valence-corrected chi connectivity index (χ4v) is 1.52. The Labute approximate surface area is 91.9 Å². The van der Waals surface area contributed by atoms with Crippen molar-refractivity contribution in [3.05, 3.63) is 18.2 Å². The van der Waals surface area contributed by atoms with Gasteiger partial charge in [0.15, 0.2) is 0 Å². The SMILES string of the molecule is CCn1cncc1C(O)CCCC(F)(F)F. The molecule has 1 aromatic heterocycles. The van der Waals surface area contributed by atoms with Crippen LogP contribution in [0.25, 0.3) is 0 Å². The second-order valence-electron chi connectivity index (χ2n) is 3.63. The van der Waals surface area contributed by atoms with Gasteiger partial charge in [-0.3, -0.25) is 0 Å². The Hall–Kier alpha value is -1.04. The number of halogens is 3. The highest BCUT2D eigenvalue weighted by atomic mass is 19.4. The molecular formula is C10H15F3N2O. The molecule has 1 unspecified atom stereocenters. The number of aliphatic hydroxyl groups excluding tert-OH is 1. The minimum Gasteiger partial charge on any atom is -0.387 e. The molecule has 16 heavy (non-hydrogen) atoms. The van der Waals surface area contributed by atoms with Crippen LogP contribution in [0.5, 0.6) is 0 Å². The van der Waals surface area contributed by atoms with Crippen LogP contribution >= 0.6 is 0 Å². The lowest BCUT2D eigenvalue weighted by atomic mass is 10.1. The Bertz CT molecular complexity index is 322. The zero-order chi connectivity index (χ0) is 12.2. The van der Waals surface area contributed by atoms with E-state index in [0.29, 0.717) is 12.2 Å². The van der Waals surface area contributed by atoms with Crippen LogP contribution in [0.4, 0.5) is 13.2 Å². The van der Waals surface area contributed by atoms with E-state index in [4.69, 9.17) is 0 Å². The van der Waals surface area contributed by atoms with Gasteiger partial charge in [0.25, 0.3) is 0 Å². The summed E-state index contributed by atoms with van der Waals surface area (Å²) < 4.78 is 37.4. The van der Waals surface area contributed by atoms with Gasteiger partial charge in [-0.1, -0.05) is 0 Å². The van der Waals surface area contributed by atoms with Crippen molar-refractivity contribution in [1.29, 1.82) is 0 Å². The Kier molecular flexibility index (Phi) is 4.35. The zero-order valence-electron chi connectivity index (χ0n) is 9.04. The predicted molar refractivity (Wildman–Crippen MR) is 52.8 cm³/mol. The first kappa shape index (κ1) is 13.0. The van der Waals surface area contributed by atoms with Crippen molar-refractivity contribution in [1.82, 2.24) is 9.55 Å². The number of rotatable bonds is 5. The predicted octanol–water partition coefficient (Wildman–Crippen LogP) is 2.67. The van der Waals surface area contributed by atoms with E-state index < -0.39 is 18.7 Å². The molecule has 0 aliphatic rings. The summed E-state index contributed by atoms with van der Waals surface area (Å²) in [4.78, 5) is 3.85. The van der Waals surface area contributed by atoms with Gasteiger partial charge in [-0.2, -0.15) is 13.2 Å². The molecule has 0 aliphatic carbocycles. The molecule has 0 saturated carbocycles. The highest BCUT2D eigenvalue weighted by Crippen LogP contribution is 2.26. The minimum absolute atomic E-state index is 0.0699. The van der Waals surface area contributed by atoms with Gasteiger partial charge in [0.1, 0.15) is 0 Å². The summed E-state index contributed by atoms with van der Waals surface area (Å²) in [5, 5.41) is 9.69. The van der Waals surface area contributed by atoms with Crippen LogP contribution in [0.2, 0.25) is 0 Å². The van der Waals surface area contributed by atoms with Crippen molar-refractivity contribution in [3.63, 3.8) is 0 Å². The minimum atomic E-state index is -4.15. The molecule has 1 aromatic rings. The Balaban J connectivity index is 2.44. The summed E-state index contributed by atoms with van der Waals surface area (Å²) in [6, 6.07) is 0. The number of nitrogens with zero attached hydrogens (tertiary/aromatic N) is 2. The number of imidazole rings is 1. The van der Waals surface area contributed by atoms with Gasteiger partial charge in [-0.15, -0.1) is 0 Å². The molecule has 0 fully saturated rings. The molecule has 1 heterocycles. The van der Waals surface area contributed by atoms with Crippen LogP contribution in [-0.2, 0) is 6.54 Å². The molecule has 0 aromatic carbocycles. The lowest BCUT2D eigenvalue weighted by Gasteiger charge is -2.13. The molecule has 0 amide bonds. The van der Waals surface area contributed by atoms with Gasteiger partial charge < -0.3 is 9.67 Å². The molecule has 6 heteroatoms. The smallest absolute Gasteiger partial charge is 0.387 e. The van der Waals surface area contributed by atoms with Gasteiger partial charge in [0.2, 0.25) is 0 Å². The Morgan fingerprint density at radius 1 is 1.50 bits per heavy atom. The summed E-state index contributed by atoms with van der Waals surface area (Å²) in [6.45, 7) is 2.53. The van der Waals surface area contributed by atoms with Crippen LogP contribution in [0.1, 0.15) is 38.0 Å². The maximum atomic E-state index is 11.9. The van der Waals surface area contributed by atoms with E-state index in [9.17, 15) is 18.3 Å². The number of aryl methyl sites for hydroxylation is 1. The van der Waals surface area contributed by atoms with Crippen molar-refractivity contribution < 1.29 is 18.3 Å². The zero-order valence-corrected chi connectivity index (χ0v) is 9.04. The average Bonchev–Trinajstić information content (AvgIpc) is 2.63. The van der Waals surface area contributed by atoms with Crippen LogP contribution in [-0.4, -0.2) is 20.8 Å². The first-order valence-corrected chi connectivity index (χ1v) is 5.19. The van der Waals surface area contributed by atoms with Crippen molar-refractivity contribution >= 4 is 0 Å². The molecule has 1 N–H and O–H groups in total. The summed E-state index contributed by atoms with van der Waals surface area (Å²) >= 11 is 0. The fraction of sp³-hybridized carbons (Fsp3) is 0.700. The summed E-state index contributed by atoms with van der Waals surface area (Å²) in [5.41, 5.74) is 0.574. The second kappa shape index (κ2) is 5.34. The largest absolute Gasteiger partial charge is 0.389 e. The first-order chi connectivity index (χ1) is 7.44. The fourth-order valence-electron chi connectivity index (χ4n) is 1.52. The summed E-state index contributed by atoms with van der Waals surface area (Å²) in [6.07, 6.45) is -2.80. The molecular weight excluding hydrogens is 221 g/mol. The highest BCUT2D eigenvalue weighted by Gasteiger charge is 2.26.